The Balaban J connectivity index is 4.04. The fourth-order valence-corrected chi connectivity index (χ4v) is 0.370. The Labute approximate surface area is 63.4 Å². The Hall–Kier alpha value is -0.0500. The van der Waals surface area contributed by atoms with Crippen LogP contribution < -0.4 is 0 Å². The molecule has 0 saturated carbocycles. The lowest BCUT2D eigenvalue weighted by Gasteiger charge is -2.20. The third-order valence-corrected chi connectivity index (χ3v) is 2.74. The quantitative estimate of drug-likeness (QED) is 0.648. The van der Waals surface area contributed by atoms with Gasteiger partial charge in [0.2, 0.25) is 0 Å². The topological polar surface area (TPSA) is 37.3 Å². The molecule has 0 aliphatic heterocycles. The molecule has 0 aromatic carbocycles. The molecule has 1 atom stereocenters. The van der Waals surface area contributed by atoms with E-state index < -0.39 is 10.8 Å². The van der Waals surface area contributed by atoms with E-state index in [0.717, 1.165) is 0 Å². The maximum atomic E-state index is 10.3. The van der Waals surface area contributed by atoms with Gasteiger partial charge in [0.1, 0.15) is 4.83 Å². The van der Waals surface area contributed by atoms with Gasteiger partial charge in [0.15, 0.2) is 0 Å². The lowest BCUT2D eigenvalue weighted by Crippen LogP contribution is -2.28. The van der Waals surface area contributed by atoms with Gasteiger partial charge in [-0.2, -0.15) is 0 Å². The Kier molecular flexibility index (Phi) is 2.67. The number of halogens is 1. The van der Waals surface area contributed by atoms with Crippen LogP contribution in [0.25, 0.3) is 0 Å². The molecule has 3 heteroatoms. The van der Waals surface area contributed by atoms with Crippen LogP contribution in [0.15, 0.2) is 0 Å². The Morgan fingerprint density at radius 1 is 1.56 bits per heavy atom. The maximum Gasteiger partial charge on any atom is 0.317 e. The summed E-state index contributed by atoms with van der Waals surface area (Å²) in [6, 6.07) is 0. The summed E-state index contributed by atoms with van der Waals surface area (Å²) >= 11 is 3.06. The standard InChI is InChI=1S/C6H11BrO2/c1-6(2,3)4(7)5(8)9/h4H,1-3H3,(H,8,9)/t4-/m0/s1. The molecule has 0 radical (unpaired) electrons. The Morgan fingerprint density at radius 2 is 1.89 bits per heavy atom. The Bertz CT molecular complexity index is 115. The second-order valence-corrected chi connectivity index (χ2v) is 3.98. The molecular formula is C6H11BrO2. The van der Waals surface area contributed by atoms with Crippen molar-refractivity contribution in [1.29, 1.82) is 0 Å². The molecule has 9 heavy (non-hydrogen) atoms. The van der Waals surface area contributed by atoms with E-state index >= 15 is 0 Å². The molecule has 0 amide bonds. The van der Waals surface area contributed by atoms with Gasteiger partial charge in [0.05, 0.1) is 0 Å². The average molecular weight is 195 g/mol. The summed E-state index contributed by atoms with van der Waals surface area (Å²) < 4.78 is 0. The van der Waals surface area contributed by atoms with Crippen molar-refractivity contribution in [3.05, 3.63) is 0 Å². The molecule has 0 spiro atoms. The van der Waals surface area contributed by atoms with Crippen molar-refractivity contribution in [1.82, 2.24) is 0 Å². The van der Waals surface area contributed by atoms with Gasteiger partial charge in [-0.1, -0.05) is 36.7 Å². The summed E-state index contributed by atoms with van der Waals surface area (Å²) in [4.78, 5) is 9.85. The number of hydrogen-bond donors (Lipinski definition) is 1. The van der Waals surface area contributed by atoms with E-state index in [-0.39, 0.29) is 5.41 Å². The number of hydrogen-bond acceptors (Lipinski definition) is 1. The molecule has 54 valence electrons. The summed E-state index contributed by atoms with van der Waals surface area (Å²) in [7, 11) is 0. The van der Waals surface area contributed by atoms with Gasteiger partial charge in [-0.05, 0) is 5.41 Å². The van der Waals surface area contributed by atoms with Crippen molar-refractivity contribution < 1.29 is 9.90 Å². The molecule has 0 aromatic heterocycles. The number of carboxylic acids is 1. The minimum atomic E-state index is -0.803. The molecule has 0 aliphatic carbocycles. The highest BCUT2D eigenvalue weighted by molar-refractivity contribution is 9.10. The van der Waals surface area contributed by atoms with Crippen molar-refractivity contribution in [3.8, 4) is 0 Å². The van der Waals surface area contributed by atoms with Crippen LogP contribution in [0.5, 0.6) is 0 Å². The summed E-state index contributed by atoms with van der Waals surface area (Å²) in [5.41, 5.74) is -0.203. The number of carboxylic acid groups (broad SMARTS) is 1. The van der Waals surface area contributed by atoms with Crippen molar-refractivity contribution in [3.63, 3.8) is 0 Å². The maximum absolute atomic E-state index is 10.3. The molecule has 0 unspecified atom stereocenters. The van der Waals surface area contributed by atoms with Crippen molar-refractivity contribution in [2.45, 2.75) is 25.6 Å². The highest BCUT2D eigenvalue weighted by Gasteiger charge is 2.27. The zero-order chi connectivity index (χ0) is 7.65. The normalized spacial score (nSPS) is 15.1. The number of aliphatic carboxylic acids is 1. The average Bonchev–Trinajstić information content (AvgIpc) is 1.62. The summed E-state index contributed by atoms with van der Waals surface area (Å²) in [5, 5.41) is 8.47. The monoisotopic (exact) mass is 194 g/mol. The van der Waals surface area contributed by atoms with Gasteiger partial charge in [-0.15, -0.1) is 0 Å². The zero-order valence-corrected chi connectivity index (χ0v) is 7.40. The minimum Gasteiger partial charge on any atom is -0.480 e. The van der Waals surface area contributed by atoms with E-state index in [9.17, 15) is 4.79 Å². The van der Waals surface area contributed by atoms with Gasteiger partial charge in [-0.3, -0.25) is 4.79 Å². The molecule has 0 saturated heterocycles. The summed E-state index contributed by atoms with van der Waals surface area (Å²) in [5.74, 6) is -0.803. The Morgan fingerprint density at radius 3 is 1.89 bits per heavy atom. The summed E-state index contributed by atoms with van der Waals surface area (Å²) in [6.45, 7) is 5.63. The molecule has 2 nitrogen and oxygen atoms in total. The lowest BCUT2D eigenvalue weighted by atomic mass is 9.92. The van der Waals surface area contributed by atoms with Crippen LogP contribution in [-0.4, -0.2) is 15.9 Å². The molecule has 0 fully saturated rings. The van der Waals surface area contributed by atoms with Crippen molar-refractivity contribution in [2.75, 3.05) is 0 Å². The van der Waals surface area contributed by atoms with Crippen LogP contribution in [0.4, 0.5) is 0 Å². The zero-order valence-electron chi connectivity index (χ0n) is 5.81. The van der Waals surface area contributed by atoms with Crippen molar-refractivity contribution in [2.24, 2.45) is 5.41 Å². The lowest BCUT2D eigenvalue weighted by molar-refractivity contribution is -0.138. The van der Waals surface area contributed by atoms with Gasteiger partial charge in [0.25, 0.3) is 0 Å². The van der Waals surface area contributed by atoms with Gasteiger partial charge in [-0.25, -0.2) is 0 Å². The van der Waals surface area contributed by atoms with E-state index in [1.54, 1.807) is 0 Å². The predicted molar refractivity (Wildman–Crippen MR) is 39.8 cm³/mol. The molecule has 0 bridgehead atoms. The van der Waals surface area contributed by atoms with E-state index in [2.05, 4.69) is 15.9 Å². The number of carbonyl (C=O) groups is 1. The highest BCUT2D eigenvalue weighted by atomic mass is 79.9. The van der Waals surface area contributed by atoms with Gasteiger partial charge >= 0.3 is 5.97 Å². The van der Waals surface area contributed by atoms with Crippen LogP contribution >= 0.6 is 15.9 Å². The van der Waals surface area contributed by atoms with Crippen LogP contribution in [0, 0.1) is 5.41 Å². The minimum absolute atomic E-state index is 0.203. The van der Waals surface area contributed by atoms with Crippen LogP contribution in [0.2, 0.25) is 0 Å². The smallest absolute Gasteiger partial charge is 0.317 e. The second kappa shape index (κ2) is 2.69. The molecule has 0 heterocycles. The third kappa shape index (κ3) is 2.84. The molecular weight excluding hydrogens is 184 g/mol. The number of alkyl halides is 1. The van der Waals surface area contributed by atoms with Gasteiger partial charge in [0, 0.05) is 0 Å². The second-order valence-electron chi connectivity index (χ2n) is 3.07. The van der Waals surface area contributed by atoms with E-state index in [1.165, 1.54) is 0 Å². The largest absolute Gasteiger partial charge is 0.480 e. The predicted octanol–water partition coefficient (Wildman–Crippen LogP) is 1.88. The summed E-state index contributed by atoms with van der Waals surface area (Å²) in [6.07, 6.45) is 0. The van der Waals surface area contributed by atoms with Crippen LogP contribution in [-0.2, 0) is 4.79 Å². The fourth-order valence-electron chi connectivity index (χ4n) is 0.370. The SMILES string of the molecule is CC(C)(C)[C@@H](Br)C(=O)O. The van der Waals surface area contributed by atoms with Crippen LogP contribution in [0.1, 0.15) is 20.8 Å². The first-order valence-corrected chi connectivity index (χ1v) is 3.64. The first-order chi connectivity index (χ1) is 3.85. The van der Waals surface area contributed by atoms with Gasteiger partial charge < -0.3 is 5.11 Å². The first kappa shape index (κ1) is 8.95. The first-order valence-electron chi connectivity index (χ1n) is 2.72. The van der Waals surface area contributed by atoms with E-state index in [1.807, 2.05) is 20.8 Å². The van der Waals surface area contributed by atoms with E-state index in [0.29, 0.717) is 0 Å². The molecule has 0 rings (SSSR count). The number of rotatable bonds is 1. The molecule has 0 aromatic rings. The van der Waals surface area contributed by atoms with Crippen LogP contribution in [0.3, 0.4) is 0 Å². The molecule has 0 aliphatic rings. The molecule has 1 N–H and O–H groups in total. The fraction of sp³-hybridized carbons (Fsp3) is 0.833. The highest BCUT2D eigenvalue weighted by Crippen LogP contribution is 2.25. The third-order valence-electron chi connectivity index (χ3n) is 0.977. The van der Waals surface area contributed by atoms with Crippen molar-refractivity contribution >= 4 is 21.9 Å². The van der Waals surface area contributed by atoms with E-state index in [4.69, 9.17) is 5.11 Å².